The second-order valence-electron chi connectivity index (χ2n) is 7.87. The topological polar surface area (TPSA) is 139 Å². The first-order valence-corrected chi connectivity index (χ1v) is 10.6. The van der Waals surface area contributed by atoms with Crippen molar-refractivity contribution in [3.63, 3.8) is 0 Å². The van der Waals surface area contributed by atoms with Gasteiger partial charge in [-0.15, -0.1) is 0 Å². The number of Topliss-reactive ketones (excluding diaryl/α,β-unsaturated/α-hetero) is 1. The van der Waals surface area contributed by atoms with Crippen molar-refractivity contribution >= 4 is 24.3 Å². The molecule has 2 aromatic rings. The summed E-state index contributed by atoms with van der Waals surface area (Å²) in [4.78, 5) is 39.0. The third-order valence-corrected chi connectivity index (χ3v) is 5.95. The van der Waals surface area contributed by atoms with Gasteiger partial charge in [0.15, 0.2) is 6.29 Å². The molecular weight excluding hydrogens is 420 g/mol. The molecule has 0 spiro atoms. The molecule has 1 heterocycles. The summed E-state index contributed by atoms with van der Waals surface area (Å²) in [6.07, 6.45) is 3.91. The smallest absolute Gasteiger partial charge is 0.335 e. The van der Waals surface area contributed by atoms with Crippen LogP contribution in [-0.2, 0) is 19.9 Å². The van der Waals surface area contributed by atoms with Gasteiger partial charge in [0.1, 0.15) is 5.54 Å². The van der Waals surface area contributed by atoms with Crippen molar-refractivity contribution in [1.82, 2.24) is 4.90 Å². The van der Waals surface area contributed by atoms with Crippen LogP contribution in [0.2, 0.25) is 0 Å². The lowest BCUT2D eigenvalue weighted by atomic mass is 9.68. The van der Waals surface area contributed by atoms with Gasteiger partial charge in [0.25, 0.3) is 0 Å². The summed E-state index contributed by atoms with van der Waals surface area (Å²) in [6, 6.07) is 15.6. The fourth-order valence-corrected chi connectivity index (χ4v) is 4.25. The van der Waals surface area contributed by atoms with E-state index in [2.05, 4.69) is 16.9 Å². The predicted molar refractivity (Wildman–Crippen MR) is 124 cm³/mol. The molecule has 0 aliphatic carbocycles. The zero-order chi connectivity index (χ0) is 23.9. The molecule has 2 atom stereocenters. The monoisotopic (exact) mass is 446 g/mol. The summed E-state index contributed by atoms with van der Waals surface area (Å²) < 4.78 is 0. The van der Waals surface area contributed by atoms with Gasteiger partial charge in [-0.2, -0.15) is 5.10 Å². The molecule has 3 rings (SSSR count). The van der Waals surface area contributed by atoms with Crippen molar-refractivity contribution in [3.8, 4) is 11.8 Å². The maximum absolute atomic E-state index is 12.9. The van der Waals surface area contributed by atoms with Crippen LogP contribution in [0.5, 0.6) is 0 Å². The number of carbonyl (C=O) groups excluding carboxylic acids is 2. The van der Waals surface area contributed by atoms with Crippen LogP contribution in [-0.4, -0.2) is 52.9 Å². The minimum atomic E-state index is -2.64. The summed E-state index contributed by atoms with van der Waals surface area (Å²) in [5.41, 5.74) is 3.67. The first-order chi connectivity index (χ1) is 15.9. The maximum atomic E-state index is 12.9. The second kappa shape index (κ2) is 10.2. The zero-order valence-corrected chi connectivity index (χ0v) is 18.1. The molecule has 1 aliphatic heterocycles. The Bertz CT molecular complexity index is 1100. The van der Waals surface area contributed by atoms with Gasteiger partial charge in [0.05, 0.1) is 6.21 Å². The summed E-state index contributed by atoms with van der Waals surface area (Å²) in [5, 5.41) is 13.8. The average molecular weight is 447 g/mol. The SMILES string of the molecule is NN=Cc1ccc(C(C#Cc2ccccc2)(N2CCCCC2)C(N)(C(=O)O)C(=O)C=O)cc1. The largest absolute Gasteiger partial charge is 0.479 e. The Kier molecular flexibility index (Phi) is 7.38. The van der Waals surface area contributed by atoms with Crippen molar-refractivity contribution in [2.45, 2.75) is 30.3 Å². The van der Waals surface area contributed by atoms with E-state index in [1.165, 1.54) is 6.21 Å². The van der Waals surface area contributed by atoms with Gasteiger partial charge in [-0.3, -0.25) is 14.5 Å². The van der Waals surface area contributed by atoms with E-state index in [1.807, 2.05) is 11.0 Å². The van der Waals surface area contributed by atoms with E-state index in [1.54, 1.807) is 48.5 Å². The van der Waals surface area contributed by atoms with E-state index in [0.717, 1.165) is 19.3 Å². The number of carbonyl (C=O) groups is 3. The maximum Gasteiger partial charge on any atom is 0.335 e. The van der Waals surface area contributed by atoms with Gasteiger partial charge in [0.2, 0.25) is 11.3 Å². The number of likely N-dealkylation sites (tertiary alicyclic amines) is 1. The minimum absolute atomic E-state index is 0.0353. The molecule has 170 valence electrons. The summed E-state index contributed by atoms with van der Waals surface area (Å²) in [6.45, 7) is 0.932. The van der Waals surface area contributed by atoms with Crippen LogP contribution >= 0.6 is 0 Å². The normalized spacial score (nSPS) is 17.8. The van der Waals surface area contributed by atoms with Crippen molar-refractivity contribution < 1.29 is 19.5 Å². The van der Waals surface area contributed by atoms with Crippen molar-refractivity contribution in [1.29, 1.82) is 0 Å². The fourth-order valence-electron chi connectivity index (χ4n) is 4.25. The number of carboxylic acid groups (broad SMARTS) is 1. The predicted octanol–water partition coefficient (Wildman–Crippen LogP) is 1.26. The standard InChI is InChI=1S/C25H26N4O4/c26-25(23(32)33,22(31)18-30)24(29-15-5-2-6-16-29,14-13-19-7-3-1-4-8-19)21-11-9-20(10-12-21)17-28-27/h1,3-4,7-12,17-18H,2,5-6,15-16,26-27H2,(H,32,33). The number of aldehydes is 1. The highest BCUT2D eigenvalue weighted by Gasteiger charge is 2.63. The van der Waals surface area contributed by atoms with Crippen LogP contribution in [0.3, 0.4) is 0 Å². The highest BCUT2D eigenvalue weighted by molar-refractivity contribution is 6.36. The van der Waals surface area contributed by atoms with E-state index in [0.29, 0.717) is 29.8 Å². The number of nitrogens with two attached hydrogens (primary N) is 2. The van der Waals surface area contributed by atoms with Gasteiger partial charge in [0, 0.05) is 5.56 Å². The van der Waals surface area contributed by atoms with Crippen molar-refractivity contribution in [2.24, 2.45) is 16.7 Å². The quantitative estimate of drug-likeness (QED) is 0.111. The van der Waals surface area contributed by atoms with Gasteiger partial charge >= 0.3 is 5.97 Å². The average Bonchev–Trinajstić information content (AvgIpc) is 2.85. The third kappa shape index (κ3) is 4.42. The first-order valence-electron chi connectivity index (χ1n) is 10.6. The second-order valence-corrected chi connectivity index (χ2v) is 7.87. The molecule has 0 amide bonds. The van der Waals surface area contributed by atoms with Gasteiger partial charge in [-0.1, -0.05) is 60.7 Å². The van der Waals surface area contributed by atoms with Crippen LogP contribution < -0.4 is 11.6 Å². The molecule has 5 N–H and O–H groups in total. The molecule has 2 unspecified atom stereocenters. The Morgan fingerprint density at radius 1 is 1.03 bits per heavy atom. The third-order valence-electron chi connectivity index (χ3n) is 5.95. The Labute approximate surface area is 192 Å². The number of rotatable bonds is 7. The molecule has 0 bridgehead atoms. The summed E-state index contributed by atoms with van der Waals surface area (Å²) >= 11 is 0. The Balaban J connectivity index is 2.38. The van der Waals surface area contributed by atoms with Gasteiger partial charge in [-0.25, -0.2) is 4.79 Å². The highest BCUT2D eigenvalue weighted by Crippen LogP contribution is 2.40. The van der Waals surface area contributed by atoms with Gasteiger partial charge < -0.3 is 16.7 Å². The summed E-state index contributed by atoms with van der Waals surface area (Å²) in [5.74, 6) is 8.43. The number of piperidine rings is 1. The van der Waals surface area contributed by atoms with Crippen LogP contribution in [0.1, 0.15) is 36.0 Å². The Hall–Kier alpha value is -3.80. The molecular formula is C25H26N4O4. The number of nitrogens with zero attached hydrogens (tertiary/aromatic N) is 2. The van der Waals surface area contributed by atoms with Crippen LogP contribution in [0, 0.1) is 11.8 Å². The van der Waals surface area contributed by atoms with Crippen molar-refractivity contribution in [2.75, 3.05) is 13.1 Å². The highest BCUT2D eigenvalue weighted by atomic mass is 16.4. The van der Waals surface area contributed by atoms with E-state index < -0.39 is 22.8 Å². The molecule has 1 fully saturated rings. The van der Waals surface area contributed by atoms with Crippen LogP contribution in [0.4, 0.5) is 0 Å². The number of aliphatic carboxylic acids is 1. The van der Waals surface area contributed by atoms with E-state index in [9.17, 15) is 19.5 Å². The molecule has 0 aromatic heterocycles. The molecule has 0 radical (unpaired) electrons. The van der Waals surface area contributed by atoms with Crippen LogP contribution in [0.15, 0.2) is 59.7 Å². The van der Waals surface area contributed by atoms with Crippen LogP contribution in [0.25, 0.3) is 0 Å². The Morgan fingerprint density at radius 3 is 2.21 bits per heavy atom. The molecule has 8 nitrogen and oxygen atoms in total. The number of carboxylic acids is 1. The molecule has 8 heteroatoms. The Morgan fingerprint density at radius 2 is 1.67 bits per heavy atom. The molecule has 2 aromatic carbocycles. The minimum Gasteiger partial charge on any atom is -0.479 e. The van der Waals surface area contributed by atoms with Crippen molar-refractivity contribution in [3.05, 3.63) is 71.3 Å². The zero-order valence-electron chi connectivity index (χ0n) is 18.1. The lowest BCUT2D eigenvalue weighted by molar-refractivity contribution is -0.157. The van der Waals surface area contributed by atoms with E-state index in [4.69, 9.17) is 11.6 Å². The lowest BCUT2D eigenvalue weighted by Crippen LogP contribution is -2.74. The van der Waals surface area contributed by atoms with Gasteiger partial charge in [-0.05, 0) is 49.2 Å². The first kappa shape index (κ1) is 23.9. The number of hydrazone groups is 1. The lowest BCUT2D eigenvalue weighted by Gasteiger charge is -2.49. The fraction of sp³-hybridized carbons (Fsp3) is 0.280. The molecule has 0 saturated carbocycles. The number of hydrogen-bond donors (Lipinski definition) is 3. The van der Waals surface area contributed by atoms with E-state index >= 15 is 0 Å². The number of ketones is 1. The molecule has 1 saturated heterocycles. The number of benzene rings is 2. The number of hydrogen-bond acceptors (Lipinski definition) is 7. The molecule has 1 aliphatic rings. The molecule has 33 heavy (non-hydrogen) atoms. The summed E-state index contributed by atoms with van der Waals surface area (Å²) in [7, 11) is 0. The van der Waals surface area contributed by atoms with E-state index in [-0.39, 0.29) is 6.29 Å².